The average molecular weight is 288 g/mol. The molecule has 1 fully saturated rings. The summed E-state index contributed by atoms with van der Waals surface area (Å²) in [6, 6.07) is 0. The number of rotatable bonds is 5. The topological polar surface area (TPSA) is 107 Å². The Labute approximate surface area is 113 Å². The zero-order valence-corrected chi connectivity index (χ0v) is 11.8. The lowest BCUT2D eigenvalue weighted by Crippen LogP contribution is -2.46. The van der Waals surface area contributed by atoms with Crippen LogP contribution >= 0.6 is 0 Å². The smallest absolute Gasteiger partial charge is 0.245 e. The first-order chi connectivity index (χ1) is 8.99. The second-order valence-electron chi connectivity index (χ2n) is 4.69. The second kappa shape index (κ2) is 5.87. The maximum atomic E-state index is 11.9. The fraction of sp³-hybridized carbons (Fsp3) is 0.700. The van der Waals surface area contributed by atoms with Crippen molar-refractivity contribution in [1.82, 2.24) is 24.7 Å². The van der Waals surface area contributed by atoms with E-state index in [1.807, 2.05) is 0 Å². The molecule has 0 spiro atoms. The molecule has 2 rings (SSSR count). The highest BCUT2D eigenvalue weighted by Gasteiger charge is 2.19. The number of nitrogens with one attached hydrogen (secondary N) is 2. The fourth-order valence-electron chi connectivity index (χ4n) is 1.99. The van der Waals surface area contributed by atoms with Crippen LogP contribution < -0.4 is 10.5 Å². The summed E-state index contributed by atoms with van der Waals surface area (Å²) >= 11 is 0. The average Bonchev–Trinajstić information content (AvgIpc) is 2.79. The molecule has 1 aliphatic heterocycles. The Morgan fingerprint density at radius 3 is 2.68 bits per heavy atom. The number of piperazine rings is 1. The van der Waals surface area contributed by atoms with Gasteiger partial charge in [-0.2, -0.15) is 5.10 Å². The first kappa shape index (κ1) is 14.3. The van der Waals surface area contributed by atoms with Gasteiger partial charge in [0.15, 0.2) is 0 Å². The number of hydrogen-bond donors (Lipinski definition) is 3. The van der Waals surface area contributed by atoms with E-state index in [2.05, 4.69) is 31.8 Å². The minimum absolute atomic E-state index is 0.00544. The first-order valence-corrected chi connectivity index (χ1v) is 7.67. The quantitative estimate of drug-likeness (QED) is 0.610. The van der Waals surface area contributed by atoms with E-state index in [1.165, 1.54) is 6.20 Å². The Morgan fingerprint density at radius 2 is 2.11 bits per heavy atom. The van der Waals surface area contributed by atoms with Gasteiger partial charge in [-0.25, -0.2) is 13.1 Å². The van der Waals surface area contributed by atoms with Crippen molar-refractivity contribution in [1.29, 1.82) is 0 Å². The number of aromatic amines is 1. The molecule has 0 unspecified atom stereocenters. The number of H-pyrrole nitrogens is 1. The minimum Gasteiger partial charge on any atom is -0.383 e. The maximum Gasteiger partial charge on any atom is 0.245 e. The van der Waals surface area contributed by atoms with Crippen LogP contribution in [-0.4, -0.2) is 74.7 Å². The van der Waals surface area contributed by atoms with Gasteiger partial charge in [-0.1, -0.05) is 0 Å². The second-order valence-corrected chi connectivity index (χ2v) is 6.43. The molecule has 0 radical (unpaired) electrons. The highest BCUT2D eigenvalue weighted by molar-refractivity contribution is 7.89. The molecule has 108 valence electrons. The van der Waals surface area contributed by atoms with Gasteiger partial charge in [0.2, 0.25) is 10.0 Å². The number of sulfonamides is 1. The van der Waals surface area contributed by atoms with Crippen molar-refractivity contribution in [3.8, 4) is 0 Å². The molecule has 0 aromatic carbocycles. The summed E-state index contributed by atoms with van der Waals surface area (Å²) < 4.78 is 26.4. The third-order valence-corrected chi connectivity index (χ3v) is 4.73. The van der Waals surface area contributed by atoms with Gasteiger partial charge in [0.25, 0.3) is 0 Å². The minimum atomic E-state index is -3.57. The van der Waals surface area contributed by atoms with Crippen LogP contribution in [0.2, 0.25) is 0 Å². The SMILES string of the molecule is CN1CCN(CCNS(=O)(=O)c2cn[nH]c2N)CC1. The van der Waals surface area contributed by atoms with Crippen LogP contribution in [-0.2, 0) is 10.0 Å². The van der Waals surface area contributed by atoms with Gasteiger partial charge < -0.3 is 10.6 Å². The molecule has 1 aliphatic rings. The Hall–Kier alpha value is -1.16. The Balaban J connectivity index is 1.81. The molecule has 1 aromatic heterocycles. The number of anilines is 1. The van der Waals surface area contributed by atoms with Crippen molar-refractivity contribution in [2.75, 3.05) is 52.0 Å². The summed E-state index contributed by atoms with van der Waals surface area (Å²) in [4.78, 5) is 4.50. The Kier molecular flexibility index (Phi) is 4.40. The summed E-state index contributed by atoms with van der Waals surface area (Å²) in [6.45, 7) is 5.03. The van der Waals surface area contributed by atoms with Crippen molar-refractivity contribution in [2.24, 2.45) is 0 Å². The Bertz CT molecular complexity index is 506. The highest BCUT2D eigenvalue weighted by atomic mass is 32.2. The highest BCUT2D eigenvalue weighted by Crippen LogP contribution is 2.13. The summed E-state index contributed by atoms with van der Waals surface area (Å²) in [5.74, 6) is 0.0621. The molecular formula is C10H20N6O2S. The third-order valence-electron chi connectivity index (χ3n) is 3.24. The summed E-state index contributed by atoms with van der Waals surface area (Å²) in [5.41, 5.74) is 5.50. The van der Waals surface area contributed by atoms with E-state index in [4.69, 9.17) is 5.73 Å². The van der Waals surface area contributed by atoms with E-state index in [1.54, 1.807) is 0 Å². The molecule has 0 amide bonds. The third kappa shape index (κ3) is 3.66. The van der Waals surface area contributed by atoms with Gasteiger partial charge >= 0.3 is 0 Å². The van der Waals surface area contributed by atoms with Crippen LogP contribution in [0.3, 0.4) is 0 Å². The van der Waals surface area contributed by atoms with Crippen LogP contribution in [0.5, 0.6) is 0 Å². The van der Waals surface area contributed by atoms with Crippen LogP contribution in [0.25, 0.3) is 0 Å². The lowest BCUT2D eigenvalue weighted by atomic mass is 10.3. The molecule has 2 heterocycles. The predicted octanol–water partition coefficient (Wildman–Crippen LogP) is -1.48. The Morgan fingerprint density at radius 1 is 1.42 bits per heavy atom. The number of likely N-dealkylation sites (N-methyl/N-ethyl adjacent to an activating group) is 1. The van der Waals surface area contributed by atoms with Crippen molar-refractivity contribution < 1.29 is 8.42 Å². The van der Waals surface area contributed by atoms with Gasteiger partial charge in [-0.05, 0) is 7.05 Å². The molecule has 1 aromatic rings. The molecule has 0 aliphatic carbocycles. The maximum absolute atomic E-state index is 11.9. The summed E-state index contributed by atoms with van der Waals surface area (Å²) in [7, 11) is -1.48. The molecule has 4 N–H and O–H groups in total. The van der Waals surface area contributed by atoms with E-state index >= 15 is 0 Å². The lowest BCUT2D eigenvalue weighted by molar-refractivity contribution is 0.156. The van der Waals surface area contributed by atoms with Gasteiger partial charge in [-0.15, -0.1) is 0 Å². The standard InChI is InChI=1S/C10H20N6O2S/c1-15-4-6-16(7-5-15)3-2-13-19(17,18)9-8-12-14-10(9)11/h8,13H,2-7H2,1H3,(H3,11,12,14). The molecule has 0 saturated carbocycles. The van der Waals surface area contributed by atoms with Crippen molar-refractivity contribution in [3.05, 3.63) is 6.20 Å². The van der Waals surface area contributed by atoms with Crippen molar-refractivity contribution in [2.45, 2.75) is 4.90 Å². The number of nitrogens with two attached hydrogens (primary N) is 1. The fourth-order valence-corrected chi connectivity index (χ4v) is 3.03. The van der Waals surface area contributed by atoms with Gasteiger partial charge in [-0.3, -0.25) is 10.00 Å². The normalized spacial score (nSPS) is 18.8. The summed E-state index contributed by atoms with van der Waals surface area (Å²) in [6.07, 6.45) is 1.22. The van der Waals surface area contributed by atoms with Gasteiger partial charge in [0, 0.05) is 39.3 Å². The van der Waals surface area contributed by atoms with Crippen LogP contribution in [0, 0.1) is 0 Å². The van der Waals surface area contributed by atoms with E-state index in [9.17, 15) is 8.42 Å². The monoisotopic (exact) mass is 288 g/mol. The van der Waals surface area contributed by atoms with Crippen molar-refractivity contribution >= 4 is 15.8 Å². The first-order valence-electron chi connectivity index (χ1n) is 6.18. The molecule has 9 heteroatoms. The predicted molar refractivity (Wildman–Crippen MR) is 72.1 cm³/mol. The van der Waals surface area contributed by atoms with Crippen molar-refractivity contribution in [3.63, 3.8) is 0 Å². The lowest BCUT2D eigenvalue weighted by Gasteiger charge is -2.32. The van der Waals surface area contributed by atoms with E-state index in [0.29, 0.717) is 13.1 Å². The zero-order valence-electron chi connectivity index (χ0n) is 11.0. The largest absolute Gasteiger partial charge is 0.383 e. The number of aromatic nitrogens is 2. The number of nitrogen functional groups attached to an aromatic ring is 1. The molecular weight excluding hydrogens is 268 g/mol. The molecule has 0 atom stereocenters. The van der Waals surface area contributed by atoms with Gasteiger partial charge in [0.05, 0.1) is 6.20 Å². The molecule has 0 bridgehead atoms. The number of hydrogen-bond acceptors (Lipinski definition) is 6. The molecule has 8 nitrogen and oxygen atoms in total. The number of nitrogens with zero attached hydrogens (tertiary/aromatic N) is 3. The molecule has 19 heavy (non-hydrogen) atoms. The van der Waals surface area contributed by atoms with Gasteiger partial charge in [0.1, 0.15) is 10.7 Å². The van der Waals surface area contributed by atoms with Crippen LogP contribution in [0.1, 0.15) is 0 Å². The van der Waals surface area contributed by atoms with E-state index in [-0.39, 0.29) is 10.7 Å². The summed E-state index contributed by atoms with van der Waals surface area (Å²) in [5, 5.41) is 6.02. The van der Waals surface area contributed by atoms with Crippen LogP contribution in [0.15, 0.2) is 11.1 Å². The van der Waals surface area contributed by atoms with Crippen LogP contribution in [0.4, 0.5) is 5.82 Å². The van der Waals surface area contributed by atoms with E-state index in [0.717, 1.165) is 26.2 Å². The molecule has 1 saturated heterocycles. The van der Waals surface area contributed by atoms with E-state index < -0.39 is 10.0 Å². The zero-order chi connectivity index (χ0) is 13.9.